The summed E-state index contributed by atoms with van der Waals surface area (Å²) >= 11 is 0. The largest absolute Gasteiger partial charge is 0.399 e. The number of anilines is 2. The van der Waals surface area contributed by atoms with Gasteiger partial charge in [0, 0.05) is 19.3 Å². The van der Waals surface area contributed by atoms with Crippen molar-refractivity contribution in [2.45, 2.75) is 4.90 Å². The lowest BCUT2D eigenvalue weighted by molar-refractivity contribution is 0.210. The van der Waals surface area contributed by atoms with Gasteiger partial charge in [0.15, 0.2) is 0 Å². The maximum atomic E-state index is 11.8. The van der Waals surface area contributed by atoms with E-state index in [2.05, 4.69) is 10.0 Å². The van der Waals surface area contributed by atoms with Gasteiger partial charge in [0.25, 0.3) is 0 Å². The van der Waals surface area contributed by atoms with Crippen LogP contribution in [0.25, 0.3) is 0 Å². The second-order valence-corrected chi connectivity index (χ2v) is 5.24. The number of hydrogen-bond donors (Lipinski definition) is 3. The van der Waals surface area contributed by atoms with Crippen LogP contribution < -0.4 is 15.8 Å². The molecule has 0 fully saturated rings. The summed E-state index contributed by atoms with van der Waals surface area (Å²) < 4.78 is 30.7. The first-order valence-electron chi connectivity index (χ1n) is 5.07. The van der Waals surface area contributed by atoms with Gasteiger partial charge in [-0.15, -0.1) is 0 Å². The SMILES string of the molecule is CNS(=O)(=O)c1cc(N)ccc1NCCOC. The maximum absolute atomic E-state index is 11.8. The van der Waals surface area contributed by atoms with Crippen molar-refractivity contribution in [1.82, 2.24) is 4.72 Å². The van der Waals surface area contributed by atoms with Gasteiger partial charge in [-0.2, -0.15) is 0 Å². The number of sulfonamides is 1. The Morgan fingerprint density at radius 1 is 1.41 bits per heavy atom. The van der Waals surface area contributed by atoms with Crippen LogP contribution in [-0.4, -0.2) is 35.7 Å². The van der Waals surface area contributed by atoms with Crippen molar-refractivity contribution in [3.05, 3.63) is 18.2 Å². The van der Waals surface area contributed by atoms with Gasteiger partial charge < -0.3 is 15.8 Å². The Morgan fingerprint density at radius 3 is 2.71 bits per heavy atom. The topological polar surface area (TPSA) is 93.5 Å². The Labute approximate surface area is 101 Å². The smallest absolute Gasteiger partial charge is 0.242 e. The molecule has 0 aliphatic heterocycles. The molecule has 1 rings (SSSR count). The number of nitrogens with one attached hydrogen (secondary N) is 2. The van der Waals surface area contributed by atoms with E-state index in [-0.39, 0.29) is 4.90 Å². The molecule has 0 bridgehead atoms. The van der Waals surface area contributed by atoms with Crippen LogP contribution in [0.3, 0.4) is 0 Å². The molecule has 0 radical (unpaired) electrons. The third kappa shape index (κ3) is 3.58. The summed E-state index contributed by atoms with van der Waals surface area (Å²) in [5, 5.41) is 2.98. The fourth-order valence-corrected chi connectivity index (χ4v) is 2.25. The highest BCUT2D eigenvalue weighted by Gasteiger charge is 2.16. The van der Waals surface area contributed by atoms with E-state index in [1.807, 2.05) is 0 Å². The monoisotopic (exact) mass is 259 g/mol. The van der Waals surface area contributed by atoms with Crippen molar-refractivity contribution in [3.63, 3.8) is 0 Å². The predicted octanol–water partition coefficient (Wildman–Crippen LogP) is 0.235. The second kappa shape index (κ2) is 5.85. The summed E-state index contributed by atoms with van der Waals surface area (Å²) in [5.41, 5.74) is 6.49. The number of rotatable bonds is 6. The fraction of sp³-hybridized carbons (Fsp3) is 0.400. The quantitative estimate of drug-likeness (QED) is 0.502. The van der Waals surface area contributed by atoms with E-state index >= 15 is 0 Å². The van der Waals surface area contributed by atoms with E-state index < -0.39 is 10.0 Å². The molecule has 0 aromatic heterocycles. The molecule has 0 heterocycles. The van der Waals surface area contributed by atoms with Crippen LogP contribution in [0.5, 0.6) is 0 Å². The molecule has 0 atom stereocenters. The summed E-state index contributed by atoms with van der Waals surface area (Å²) in [6, 6.07) is 4.69. The molecule has 0 aliphatic rings. The molecule has 0 saturated heterocycles. The van der Waals surface area contributed by atoms with Gasteiger partial charge >= 0.3 is 0 Å². The molecule has 0 unspecified atom stereocenters. The molecule has 17 heavy (non-hydrogen) atoms. The Hall–Kier alpha value is -1.31. The molecular formula is C10H17N3O3S. The molecule has 0 saturated carbocycles. The van der Waals surface area contributed by atoms with Crippen LogP contribution in [0, 0.1) is 0 Å². The summed E-state index contributed by atoms with van der Waals surface area (Å²) in [7, 11) is -0.584. The number of ether oxygens (including phenoxy) is 1. The van der Waals surface area contributed by atoms with Crippen LogP contribution >= 0.6 is 0 Å². The Kier molecular flexibility index (Phi) is 4.73. The first-order valence-corrected chi connectivity index (χ1v) is 6.55. The van der Waals surface area contributed by atoms with Gasteiger partial charge in [0.05, 0.1) is 12.3 Å². The molecule has 0 amide bonds. The summed E-state index contributed by atoms with van der Waals surface area (Å²) in [5.74, 6) is 0. The number of hydrogen-bond acceptors (Lipinski definition) is 5. The first kappa shape index (κ1) is 13.8. The third-order valence-electron chi connectivity index (χ3n) is 2.19. The van der Waals surface area contributed by atoms with E-state index in [4.69, 9.17) is 10.5 Å². The van der Waals surface area contributed by atoms with Gasteiger partial charge in [-0.25, -0.2) is 13.1 Å². The fourth-order valence-electron chi connectivity index (χ4n) is 1.31. The highest BCUT2D eigenvalue weighted by molar-refractivity contribution is 7.89. The van der Waals surface area contributed by atoms with Crippen LogP contribution in [0.1, 0.15) is 0 Å². The highest BCUT2D eigenvalue weighted by atomic mass is 32.2. The lowest BCUT2D eigenvalue weighted by Gasteiger charge is -2.12. The summed E-state index contributed by atoms with van der Waals surface area (Å²) in [6.07, 6.45) is 0. The van der Waals surface area contributed by atoms with Crippen LogP contribution in [0.2, 0.25) is 0 Å². The normalized spacial score (nSPS) is 11.4. The lowest BCUT2D eigenvalue weighted by atomic mass is 10.3. The number of benzene rings is 1. The molecule has 0 spiro atoms. The van der Waals surface area contributed by atoms with Gasteiger partial charge in [-0.1, -0.05) is 0 Å². The van der Waals surface area contributed by atoms with Crippen molar-refractivity contribution in [3.8, 4) is 0 Å². The zero-order chi connectivity index (χ0) is 12.9. The molecule has 96 valence electrons. The Balaban J connectivity index is 3.04. The third-order valence-corrected chi connectivity index (χ3v) is 3.64. The maximum Gasteiger partial charge on any atom is 0.242 e. The second-order valence-electron chi connectivity index (χ2n) is 3.38. The van der Waals surface area contributed by atoms with E-state index in [1.54, 1.807) is 19.2 Å². The molecule has 4 N–H and O–H groups in total. The Morgan fingerprint density at radius 2 is 2.12 bits per heavy atom. The van der Waals surface area contributed by atoms with E-state index in [0.717, 1.165) is 0 Å². The lowest BCUT2D eigenvalue weighted by Crippen LogP contribution is -2.21. The molecule has 0 aliphatic carbocycles. The van der Waals surface area contributed by atoms with E-state index in [1.165, 1.54) is 13.1 Å². The molecule has 1 aromatic rings. The zero-order valence-corrected chi connectivity index (χ0v) is 10.7. The number of nitrogen functional groups attached to an aromatic ring is 1. The van der Waals surface area contributed by atoms with Crippen molar-refractivity contribution >= 4 is 21.4 Å². The van der Waals surface area contributed by atoms with Crippen molar-refractivity contribution in [2.75, 3.05) is 38.4 Å². The van der Waals surface area contributed by atoms with Gasteiger partial charge in [0.2, 0.25) is 10.0 Å². The predicted molar refractivity (Wildman–Crippen MR) is 67.5 cm³/mol. The Bertz CT molecular complexity index is 474. The molecule has 6 nitrogen and oxygen atoms in total. The minimum absolute atomic E-state index is 0.135. The highest BCUT2D eigenvalue weighted by Crippen LogP contribution is 2.23. The summed E-state index contributed by atoms with van der Waals surface area (Å²) in [4.78, 5) is 0.135. The van der Waals surface area contributed by atoms with Crippen LogP contribution in [0.15, 0.2) is 23.1 Å². The van der Waals surface area contributed by atoms with Crippen molar-refractivity contribution < 1.29 is 13.2 Å². The number of nitrogens with two attached hydrogens (primary N) is 1. The molecule has 1 aromatic carbocycles. The van der Waals surface area contributed by atoms with Crippen molar-refractivity contribution in [2.24, 2.45) is 0 Å². The summed E-state index contributed by atoms with van der Waals surface area (Å²) in [6.45, 7) is 1.01. The molecular weight excluding hydrogens is 242 g/mol. The average molecular weight is 259 g/mol. The standard InChI is InChI=1S/C10H17N3O3S/c1-12-17(14,15)10-7-8(11)3-4-9(10)13-5-6-16-2/h3-4,7,12-13H,5-6,11H2,1-2H3. The van der Waals surface area contributed by atoms with Gasteiger partial charge in [-0.3, -0.25) is 0 Å². The van der Waals surface area contributed by atoms with E-state index in [9.17, 15) is 8.42 Å². The zero-order valence-electron chi connectivity index (χ0n) is 9.86. The van der Waals surface area contributed by atoms with Crippen LogP contribution in [-0.2, 0) is 14.8 Å². The minimum atomic E-state index is -3.52. The van der Waals surface area contributed by atoms with E-state index in [0.29, 0.717) is 24.5 Å². The number of methoxy groups -OCH3 is 1. The first-order chi connectivity index (χ1) is 8.01. The molecule has 7 heteroatoms. The van der Waals surface area contributed by atoms with Gasteiger partial charge in [0.1, 0.15) is 4.90 Å². The van der Waals surface area contributed by atoms with Crippen molar-refractivity contribution in [1.29, 1.82) is 0 Å². The van der Waals surface area contributed by atoms with Crippen LogP contribution in [0.4, 0.5) is 11.4 Å². The average Bonchev–Trinajstić information content (AvgIpc) is 2.31. The minimum Gasteiger partial charge on any atom is -0.399 e. The van der Waals surface area contributed by atoms with Gasteiger partial charge in [-0.05, 0) is 25.2 Å².